The molecule has 2 aromatic rings. The normalized spacial score (nSPS) is 14.2. The van der Waals surface area contributed by atoms with Crippen LogP contribution in [0.2, 0.25) is 0 Å². The topological polar surface area (TPSA) is 46.1 Å². The minimum Gasteiger partial charge on any atom is -1.00 e. The van der Waals surface area contributed by atoms with E-state index in [1.54, 1.807) is 0 Å². The zero-order valence-electron chi connectivity index (χ0n) is 11.2. The monoisotopic (exact) mass is 291 g/mol. The lowest BCUT2D eigenvalue weighted by atomic mass is 9.99. The highest BCUT2D eigenvalue weighted by molar-refractivity contribution is 5.44. The molecule has 0 amide bonds. The van der Waals surface area contributed by atoms with Crippen molar-refractivity contribution in [3.63, 3.8) is 0 Å². The summed E-state index contributed by atoms with van der Waals surface area (Å²) in [7, 11) is 0. The van der Waals surface area contributed by atoms with Crippen LogP contribution < -0.4 is 27.6 Å². The molecule has 0 saturated heterocycles. The van der Waals surface area contributed by atoms with Crippen LogP contribution >= 0.6 is 0 Å². The zero-order chi connectivity index (χ0) is 13.1. The van der Waals surface area contributed by atoms with Gasteiger partial charge in [0, 0.05) is 12.0 Å². The number of fused-ring (bicyclic) bond motifs is 1. The Morgan fingerprint density at radius 1 is 0.950 bits per heavy atom. The highest BCUT2D eigenvalue weighted by atomic mass is 35.5. The Kier molecular flexibility index (Phi) is 4.88. The molecule has 3 nitrogen and oxygen atoms in total. The maximum absolute atomic E-state index is 5.61. The Morgan fingerprint density at radius 3 is 2.40 bits per heavy atom. The van der Waals surface area contributed by atoms with E-state index >= 15 is 0 Å². The summed E-state index contributed by atoms with van der Waals surface area (Å²) < 4.78 is 11.1. The zero-order valence-corrected chi connectivity index (χ0v) is 12.0. The molecule has 3 N–H and O–H groups in total. The molecule has 0 spiro atoms. The third-order valence-electron chi connectivity index (χ3n) is 3.36. The van der Waals surface area contributed by atoms with Crippen molar-refractivity contribution >= 4 is 0 Å². The predicted octanol–water partition coefficient (Wildman–Crippen LogP) is -1.01. The molecule has 2 aromatic carbocycles. The van der Waals surface area contributed by atoms with E-state index in [0.29, 0.717) is 13.2 Å². The molecule has 1 heterocycles. The molecule has 0 radical (unpaired) electrons. The van der Waals surface area contributed by atoms with Crippen molar-refractivity contribution in [1.29, 1.82) is 0 Å². The van der Waals surface area contributed by atoms with Crippen LogP contribution in [0, 0.1) is 0 Å². The number of halogens is 1. The average Bonchev–Trinajstić information content (AvgIpc) is 2.48. The van der Waals surface area contributed by atoms with Crippen LogP contribution in [0.25, 0.3) is 0 Å². The molecule has 0 fully saturated rings. The van der Waals surface area contributed by atoms with Crippen LogP contribution in [0.4, 0.5) is 0 Å². The van der Waals surface area contributed by atoms with Crippen molar-refractivity contribution in [2.24, 2.45) is 0 Å². The first-order valence-electron chi connectivity index (χ1n) is 6.59. The summed E-state index contributed by atoms with van der Waals surface area (Å²) in [6, 6.07) is 16.8. The van der Waals surface area contributed by atoms with E-state index in [1.807, 2.05) is 12.1 Å². The van der Waals surface area contributed by atoms with Gasteiger partial charge in [0.05, 0.1) is 0 Å². The summed E-state index contributed by atoms with van der Waals surface area (Å²) in [6.45, 7) is 1.26. The second-order valence-corrected chi connectivity index (χ2v) is 4.79. The fourth-order valence-electron chi connectivity index (χ4n) is 2.34. The first-order valence-corrected chi connectivity index (χ1v) is 6.59. The van der Waals surface area contributed by atoms with Crippen LogP contribution in [-0.2, 0) is 6.42 Å². The fraction of sp³-hybridized carbons (Fsp3) is 0.250. The number of ether oxygens (including phenoxy) is 2. The lowest BCUT2D eigenvalue weighted by Crippen LogP contribution is -3.00. The average molecular weight is 292 g/mol. The van der Waals surface area contributed by atoms with E-state index in [1.165, 1.54) is 11.1 Å². The van der Waals surface area contributed by atoms with Gasteiger partial charge in [-0.05, 0) is 17.7 Å². The lowest BCUT2D eigenvalue weighted by molar-refractivity contribution is -0.426. The molecule has 106 valence electrons. The third-order valence-corrected chi connectivity index (χ3v) is 3.36. The van der Waals surface area contributed by atoms with Gasteiger partial charge >= 0.3 is 0 Å². The maximum Gasteiger partial charge on any atom is 0.161 e. The highest BCUT2D eigenvalue weighted by Gasteiger charge is 2.15. The molecule has 0 saturated carbocycles. The summed E-state index contributed by atoms with van der Waals surface area (Å²) in [5.74, 6) is 1.69. The van der Waals surface area contributed by atoms with E-state index in [4.69, 9.17) is 9.47 Å². The number of benzene rings is 2. The molecule has 1 atom stereocenters. The van der Waals surface area contributed by atoms with E-state index in [2.05, 4.69) is 42.1 Å². The molecule has 3 rings (SSSR count). The van der Waals surface area contributed by atoms with Gasteiger partial charge in [0.1, 0.15) is 19.3 Å². The fourth-order valence-corrected chi connectivity index (χ4v) is 2.34. The number of hydrogen-bond donors (Lipinski definition) is 1. The van der Waals surface area contributed by atoms with Gasteiger partial charge in [0.15, 0.2) is 11.5 Å². The smallest absolute Gasteiger partial charge is 0.161 e. The van der Waals surface area contributed by atoms with Crippen LogP contribution in [0.3, 0.4) is 0 Å². The summed E-state index contributed by atoms with van der Waals surface area (Å²) in [4.78, 5) is 0. The number of quaternary nitrogens is 1. The molecular weight excluding hydrogens is 274 g/mol. The van der Waals surface area contributed by atoms with Crippen LogP contribution in [0.1, 0.15) is 17.2 Å². The molecule has 1 aliphatic rings. The molecule has 1 unspecified atom stereocenters. The van der Waals surface area contributed by atoms with E-state index in [-0.39, 0.29) is 18.4 Å². The van der Waals surface area contributed by atoms with Gasteiger partial charge < -0.3 is 27.6 Å². The van der Waals surface area contributed by atoms with E-state index < -0.39 is 0 Å². The Hall–Kier alpha value is -1.71. The van der Waals surface area contributed by atoms with Crippen molar-refractivity contribution in [3.05, 3.63) is 59.7 Å². The predicted molar refractivity (Wildman–Crippen MR) is 73.2 cm³/mol. The van der Waals surface area contributed by atoms with Gasteiger partial charge in [-0.3, -0.25) is 0 Å². The molecule has 1 aliphatic heterocycles. The molecular formula is C16H18ClNO2. The quantitative estimate of drug-likeness (QED) is 0.788. The van der Waals surface area contributed by atoms with Crippen LogP contribution in [0.15, 0.2) is 48.5 Å². The maximum atomic E-state index is 5.61. The Morgan fingerprint density at radius 2 is 1.65 bits per heavy atom. The van der Waals surface area contributed by atoms with Gasteiger partial charge in [0.25, 0.3) is 0 Å². The first-order chi connectivity index (χ1) is 9.33. The lowest BCUT2D eigenvalue weighted by Gasteiger charge is -2.19. The second-order valence-electron chi connectivity index (χ2n) is 4.79. The molecule has 0 bridgehead atoms. The number of rotatable bonds is 3. The molecule has 0 aromatic heterocycles. The Labute approximate surface area is 125 Å². The summed E-state index contributed by atoms with van der Waals surface area (Å²) in [5.41, 5.74) is 6.73. The summed E-state index contributed by atoms with van der Waals surface area (Å²) in [5, 5.41) is 0. The minimum absolute atomic E-state index is 0. The van der Waals surface area contributed by atoms with Crippen molar-refractivity contribution in [2.75, 3.05) is 13.2 Å². The summed E-state index contributed by atoms with van der Waals surface area (Å²) in [6.07, 6.45) is 0.903. The highest BCUT2D eigenvalue weighted by Crippen LogP contribution is 2.31. The van der Waals surface area contributed by atoms with Crippen molar-refractivity contribution in [2.45, 2.75) is 12.5 Å². The minimum atomic E-state index is 0. The standard InChI is InChI=1S/C16H17NO2.ClH/c17-14(13-4-2-1-3-5-13)10-12-6-7-15-16(11-12)19-9-8-18-15;/h1-7,11,14H,8-10,17H2;1H. The Balaban J connectivity index is 0.00000147. The van der Waals surface area contributed by atoms with E-state index in [9.17, 15) is 0 Å². The molecule has 0 aliphatic carbocycles. The van der Waals surface area contributed by atoms with Crippen molar-refractivity contribution in [1.82, 2.24) is 0 Å². The van der Waals surface area contributed by atoms with Gasteiger partial charge in [-0.2, -0.15) is 0 Å². The van der Waals surface area contributed by atoms with Crippen LogP contribution in [0.5, 0.6) is 11.5 Å². The summed E-state index contributed by atoms with van der Waals surface area (Å²) >= 11 is 0. The number of hydrogen-bond acceptors (Lipinski definition) is 2. The van der Waals surface area contributed by atoms with Crippen molar-refractivity contribution < 1.29 is 27.6 Å². The second kappa shape index (κ2) is 6.64. The van der Waals surface area contributed by atoms with E-state index in [0.717, 1.165) is 17.9 Å². The van der Waals surface area contributed by atoms with Gasteiger partial charge in [0.2, 0.25) is 0 Å². The van der Waals surface area contributed by atoms with Gasteiger partial charge in [-0.1, -0.05) is 36.4 Å². The molecule has 4 heteroatoms. The van der Waals surface area contributed by atoms with Gasteiger partial charge in [-0.25, -0.2) is 0 Å². The van der Waals surface area contributed by atoms with Gasteiger partial charge in [-0.15, -0.1) is 0 Å². The van der Waals surface area contributed by atoms with Crippen LogP contribution in [-0.4, -0.2) is 13.2 Å². The Bertz CT molecular complexity index is 560. The largest absolute Gasteiger partial charge is 1.00 e. The molecule has 20 heavy (non-hydrogen) atoms. The SMILES string of the molecule is [Cl-].[NH3+]C(Cc1ccc2c(c1)OCCO2)c1ccccc1. The third kappa shape index (κ3) is 3.24. The van der Waals surface area contributed by atoms with Crippen molar-refractivity contribution in [3.8, 4) is 11.5 Å². The first kappa shape index (κ1) is 14.7.